The van der Waals surface area contributed by atoms with Gasteiger partial charge in [0.25, 0.3) is 0 Å². The van der Waals surface area contributed by atoms with Gasteiger partial charge in [0.05, 0.1) is 67.0 Å². The van der Waals surface area contributed by atoms with E-state index in [9.17, 15) is 19.5 Å². The van der Waals surface area contributed by atoms with Crippen molar-refractivity contribution < 1.29 is 52.7 Å². The summed E-state index contributed by atoms with van der Waals surface area (Å²) in [6.07, 6.45) is -4.45. The van der Waals surface area contributed by atoms with Gasteiger partial charge in [-0.3, -0.25) is 14.5 Å². The molecular weight excluding hydrogens is 766 g/mol. The van der Waals surface area contributed by atoms with Crippen LogP contribution in [0.3, 0.4) is 0 Å². The van der Waals surface area contributed by atoms with Gasteiger partial charge in [0.1, 0.15) is 23.5 Å². The number of ketones is 1. The molecule has 5 aliphatic rings. The predicted molar refractivity (Wildman–Crippen MR) is 211 cm³/mol. The molecule has 3 unspecified atom stereocenters. The largest absolute Gasteiger partial charge is 0.458 e. The van der Waals surface area contributed by atoms with Crippen LogP contribution < -0.4 is 0 Å². The maximum atomic E-state index is 14.8. The van der Waals surface area contributed by atoms with E-state index in [1.807, 2.05) is 53.6 Å². The lowest BCUT2D eigenvalue weighted by molar-refractivity contribution is -0.302. The van der Waals surface area contributed by atoms with Crippen molar-refractivity contribution in [2.75, 3.05) is 33.9 Å². The number of nitrogens with zero attached hydrogens (tertiary/aromatic N) is 6. The molecular formula is C41H61N7O11. The highest BCUT2D eigenvalue weighted by molar-refractivity contribution is 5.92. The second kappa shape index (κ2) is 16.9. The molecule has 2 aromatic heterocycles. The van der Waals surface area contributed by atoms with Crippen molar-refractivity contribution in [2.45, 2.75) is 141 Å². The van der Waals surface area contributed by atoms with E-state index in [-0.39, 0.29) is 50.7 Å². The van der Waals surface area contributed by atoms with E-state index in [2.05, 4.69) is 25.6 Å². The van der Waals surface area contributed by atoms with Crippen molar-refractivity contribution in [1.29, 1.82) is 0 Å². The number of esters is 1. The molecule has 7 heterocycles. The van der Waals surface area contributed by atoms with Crippen LogP contribution >= 0.6 is 0 Å². The molecule has 1 amide bonds. The molecule has 0 aromatic carbocycles. The van der Waals surface area contributed by atoms with E-state index >= 15 is 0 Å². The topological polar surface area (TPSA) is 209 Å². The summed E-state index contributed by atoms with van der Waals surface area (Å²) in [7, 11) is 3.82. The number of H-pyrrole nitrogens is 1. The monoisotopic (exact) mass is 827 g/mol. The Labute approximate surface area is 344 Å². The second-order valence-corrected chi connectivity index (χ2v) is 18.0. The minimum atomic E-state index is -1.40. The maximum Gasteiger partial charge on any atom is 0.411 e. The third-order valence-corrected chi connectivity index (χ3v) is 13.4. The Kier molecular flexibility index (Phi) is 12.4. The molecule has 5 fully saturated rings. The number of hydrogen-bond donors (Lipinski definition) is 2. The molecule has 0 aliphatic carbocycles. The number of ether oxygens (including phenoxy) is 6. The fourth-order valence-electron chi connectivity index (χ4n) is 10.2. The van der Waals surface area contributed by atoms with E-state index in [1.54, 1.807) is 32.9 Å². The van der Waals surface area contributed by atoms with Crippen LogP contribution in [0, 0.1) is 29.6 Å². The van der Waals surface area contributed by atoms with Crippen molar-refractivity contribution in [3.8, 4) is 0 Å². The number of pyridine rings is 1. The molecule has 18 heteroatoms. The lowest BCUT2D eigenvalue weighted by atomic mass is 9.73. The maximum absolute atomic E-state index is 14.8. The Morgan fingerprint density at radius 2 is 1.83 bits per heavy atom. The zero-order chi connectivity index (χ0) is 42.6. The number of amides is 1. The number of rotatable bonds is 7. The molecule has 0 radical (unpaired) electrons. The molecule has 5 saturated heterocycles. The highest BCUT2D eigenvalue weighted by atomic mass is 16.7. The van der Waals surface area contributed by atoms with Gasteiger partial charge in [0.2, 0.25) is 5.65 Å². The Hall–Kier alpha value is -3.81. The van der Waals surface area contributed by atoms with Gasteiger partial charge in [-0.05, 0) is 73.2 Å². The standard InChI is InChI=1S/C41H61N7O11/c1-11-30-41(8)34-22(4)31(49)20(2)15-40(7)35(58-38-32(50)29(47(9)10)14-21(3)56-38)23(5)33(24(6)37(51)57-30)53-17-25(18-54-40)28(16-48(34)39(52)59-41)45-55-19-26-12-13-27-36(42-26)44-46-43-27/h12-13,20-25,29-30,32-35,38,50H,11,14-19H2,1-10H3,(H,42,43,44,46)/b45-28-/t20-,21-,22+,23+,24-,25?,29+,30-,32-,33+,34+,35-,38+,40?,41?/m1/s1. The number of aliphatic hydroxyl groups excluding tert-OH is 1. The van der Waals surface area contributed by atoms with Crippen molar-refractivity contribution in [3.05, 3.63) is 17.8 Å². The SMILES string of the molecule is CC[C@H]1OC(=O)[C@H](C)[C@H]2OCC3COC(C)(C[C@@H](C)C(=O)[C@H](C)[C@@H]4N(C/C3=N/OCc3ccc5n[nH]nc5n3)C(=O)OC41C)[C@H](O[C@@H]1O[C@H](C)C[C@H](N(C)C)[C@H]1O)[C@H]2C. The number of cyclic esters (lactones) is 1. The number of hydrogen-bond acceptors (Lipinski definition) is 16. The molecule has 15 atom stereocenters. The zero-order valence-electron chi connectivity index (χ0n) is 35.8. The second-order valence-electron chi connectivity index (χ2n) is 18.0. The summed E-state index contributed by atoms with van der Waals surface area (Å²) < 4.78 is 39.7. The van der Waals surface area contributed by atoms with Crippen LogP contribution in [0.5, 0.6) is 0 Å². The zero-order valence-corrected chi connectivity index (χ0v) is 35.8. The number of nitrogens with one attached hydrogen (secondary N) is 1. The summed E-state index contributed by atoms with van der Waals surface area (Å²) in [6.45, 7) is 14.7. The van der Waals surface area contributed by atoms with Gasteiger partial charge in [0, 0.05) is 29.7 Å². The van der Waals surface area contributed by atoms with Crippen molar-refractivity contribution >= 4 is 34.7 Å². The Bertz CT molecular complexity index is 1900. The number of aromatic amines is 1. The minimum Gasteiger partial charge on any atom is -0.458 e. The van der Waals surface area contributed by atoms with E-state index in [0.29, 0.717) is 35.4 Å². The first-order valence-electron chi connectivity index (χ1n) is 21.0. The minimum absolute atomic E-state index is 0.0175. The smallest absolute Gasteiger partial charge is 0.411 e. The van der Waals surface area contributed by atoms with Gasteiger partial charge in [-0.1, -0.05) is 32.9 Å². The number of Topliss-reactive ketones (excluding diaryl/α,β-unsaturated/α-hetero) is 1. The first-order valence-corrected chi connectivity index (χ1v) is 21.0. The summed E-state index contributed by atoms with van der Waals surface area (Å²) in [6, 6.07) is 2.43. The first kappa shape index (κ1) is 43.3. The van der Waals surface area contributed by atoms with Crippen LogP contribution in [0.1, 0.15) is 80.3 Å². The Morgan fingerprint density at radius 3 is 2.56 bits per heavy atom. The molecule has 2 N–H and O–H groups in total. The summed E-state index contributed by atoms with van der Waals surface area (Å²) >= 11 is 0. The highest BCUT2D eigenvalue weighted by Crippen LogP contribution is 2.45. The number of carbonyl (C=O) groups is 3. The van der Waals surface area contributed by atoms with Crippen LogP contribution in [0.15, 0.2) is 17.3 Å². The molecule has 5 aliphatic heterocycles. The van der Waals surface area contributed by atoms with Crippen LogP contribution in [-0.4, -0.2) is 153 Å². The number of likely N-dealkylation sites (N-methyl/N-ethyl adjacent to an activating group) is 1. The number of oxime groups is 1. The quantitative estimate of drug-likeness (QED) is 0.303. The van der Waals surface area contributed by atoms with Crippen LogP contribution in [0.4, 0.5) is 4.79 Å². The van der Waals surface area contributed by atoms with Gasteiger partial charge >= 0.3 is 12.1 Å². The van der Waals surface area contributed by atoms with E-state index in [1.165, 1.54) is 4.90 Å². The lowest BCUT2D eigenvalue weighted by Crippen LogP contribution is -2.61. The number of aromatic nitrogens is 4. The molecule has 7 rings (SSSR count). The summed E-state index contributed by atoms with van der Waals surface area (Å²) in [5, 5.41) is 27.1. The van der Waals surface area contributed by atoms with Crippen molar-refractivity contribution in [2.24, 2.45) is 34.7 Å². The van der Waals surface area contributed by atoms with Gasteiger partial charge in [0.15, 0.2) is 18.5 Å². The Balaban J connectivity index is 1.37. The Morgan fingerprint density at radius 1 is 1.07 bits per heavy atom. The molecule has 6 bridgehead atoms. The molecule has 0 saturated carbocycles. The first-order chi connectivity index (χ1) is 27.9. The molecule has 326 valence electrons. The van der Waals surface area contributed by atoms with E-state index in [4.69, 9.17) is 33.3 Å². The van der Waals surface area contributed by atoms with E-state index < -0.39 is 89.6 Å². The molecule has 18 nitrogen and oxygen atoms in total. The average Bonchev–Trinajstić information content (AvgIpc) is 3.77. The normalized spacial score (nSPS) is 41.6. The summed E-state index contributed by atoms with van der Waals surface area (Å²) in [5.74, 6) is -4.08. The molecule has 59 heavy (non-hydrogen) atoms. The van der Waals surface area contributed by atoms with Crippen molar-refractivity contribution in [1.82, 2.24) is 30.2 Å². The molecule has 0 spiro atoms. The molecule has 2 aromatic rings. The average molecular weight is 828 g/mol. The fourth-order valence-corrected chi connectivity index (χ4v) is 10.2. The van der Waals surface area contributed by atoms with Gasteiger partial charge < -0.3 is 43.3 Å². The summed E-state index contributed by atoms with van der Waals surface area (Å²) in [4.78, 5) is 57.4. The lowest BCUT2D eigenvalue weighted by Gasteiger charge is -2.48. The number of fused-ring (bicyclic) bond motifs is 6. The third-order valence-electron chi connectivity index (χ3n) is 13.4. The van der Waals surface area contributed by atoms with Crippen LogP contribution in [-0.2, 0) is 49.5 Å². The van der Waals surface area contributed by atoms with E-state index in [0.717, 1.165) is 0 Å². The fraction of sp³-hybridized carbons (Fsp3) is 0.780. The van der Waals surface area contributed by atoms with Crippen molar-refractivity contribution in [3.63, 3.8) is 0 Å². The summed E-state index contributed by atoms with van der Waals surface area (Å²) in [5.41, 5.74) is -0.634. The number of aliphatic hydroxyl groups is 1. The highest BCUT2D eigenvalue weighted by Gasteiger charge is 2.61. The van der Waals surface area contributed by atoms with Gasteiger partial charge in [-0.15, -0.1) is 5.10 Å². The third kappa shape index (κ3) is 8.20. The van der Waals surface area contributed by atoms with Crippen LogP contribution in [0.25, 0.3) is 11.2 Å². The van der Waals surface area contributed by atoms with Gasteiger partial charge in [-0.25, -0.2) is 9.78 Å². The van der Waals surface area contributed by atoms with Gasteiger partial charge in [-0.2, -0.15) is 10.3 Å². The number of carbonyl (C=O) groups excluding carboxylic acids is 3. The predicted octanol–water partition coefficient (Wildman–Crippen LogP) is 3.26. The van der Waals surface area contributed by atoms with Crippen LogP contribution in [0.2, 0.25) is 0 Å².